The molecule has 0 atom stereocenters. The van der Waals surface area contributed by atoms with Crippen LogP contribution in [0, 0.1) is 6.92 Å². The molecule has 0 spiro atoms. The molecule has 1 saturated carbocycles. The molecular formula is C10H11BrO. The van der Waals surface area contributed by atoms with E-state index in [9.17, 15) is 5.11 Å². The molecule has 0 unspecified atom stereocenters. The number of aliphatic hydroxyl groups is 1. The van der Waals surface area contributed by atoms with Gasteiger partial charge in [0.15, 0.2) is 0 Å². The number of aryl methyl sites for hydroxylation is 1. The molecule has 1 aromatic carbocycles. The predicted octanol–water partition coefficient (Wildman–Crippen LogP) is 2.74. The van der Waals surface area contributed by atoms with Crippen molar-refractivity contribution in [2.24, 2.45) is 0 Å². The van der Waals surface area contributed by atoms with E-state index in [1.807, 2.05) is 13.0 Å². The third-order valence-corrected chi connectivity index (χ3v) is 2.76. The van der Waals surface area contributed by atoms with E-state index in [4.69, 9.17) is 0 Å². The van der Waals surface area contributed by atoms with E-state index < -0.39 is 5.60 Å². The van der Waals surface area contributed by atoms with Crippen LogP contribution in [0.25, 0.3) is 0 Å². The van der Waals surface area contributed by atoms with Crippen molar-refractivity contribution >= 4 is 15.9 Å². The van der Waals surface area contributed by atoms with Crippen molar-refractivity contribution < 1.29 is 5.11 Å². The SMILES string of the molecule is Cc1cc(Br)cc(C2(O)CC2)c1. The highest BCUT2D eigenvalue weighted by atomic mass is 79.9. The van der Waals surface area contributed by atoms with Gasteiger partial charge < -0.3 is 5.11 Å². The Morgan fingerprint density at radius 2 is 2.00 bits per heavy atom. The highest BCUT2D eigenvalue weighted by molar-refractivity contribution is 9.10. The topological polar surface area (TPSA) is 20.2 Å². The van der Waals surface area contributed by atoms with Gasteiger partial charge in [-0.05, 0) is 43.0 Å². The Morgan fingerprint density at radius 1 is 1.33 bits per heavy atom. The fourth-order valence-electron chi connectivity index (χ4n) is 1.41. The number of hydrogen-bond acceptors (Lipinski definition) is 1. The van der Waals surface area contributed by atoms with Crippen LogP contribution >= 0.6 is 15.9 Å². The van der Waals surface area contributed by atoms with Gasteiger partial charge in [0.2, 0.25) is 0 Å². The number of benzene rings is 1. The smallest absolute Gasteiger partial charge is 0.0899 e. The summed E-state index contributed by atoms with van der Waals surface area (Å²) in [5.74, 6) is 0. The third kappa shape index (κ3) is 1.41. The Morgan fingerprint density at radius 3 is 2.50 bits per heavy atom. The lowest BCUT2D eigenvalue weighted by Gasteiger charge is -2.09. The summed E-state index contributed by atoms with van der Waals surface area (Å²) in [6.07, 6.45) is 1.81. The summed E-state index contributed by atoms with van der Waals surface area (Å²) in [5.41, 5.74) is 1.74. The highest BCUT2D eigenvalue weighted by Crippen LogP contribution is 2.45. The normalized spacial score (nSPS) is 19.2. The molecule has 12 heavy (non-hydrogen) atoms. The predicted molar refractivity (Wildman–Crippen MR) is 52.0 cm³/mol. The maximum atomic E-state index is 9.83. The molecule has 0 radical (unpaired) electrons. The van der Waals surface area contributed by atoms with Gasteiger partial charge in [0.05, 0.1) is 5.60 Å². The van der Waals surface area contributed by atoms with Crippen LogP contribution in [0.4, 0.5) is 0 Å². The van der Waals surface area contributed by atoms with Crippen LogP contribution in [0.2, 0.25) is 0 Å². The van der Waals surface area contributed by atoms with Crippen LogP contribution in [0.3, 0.4) is 0 Å². The maximum Gasteiger partial charge on any atom is 0.0899 e. The summed E-state index contributed by atoms with van der Waals surface area (Å²) in [7, 11) is 0. The van der Waals surface area contributed by atoms with Gasteiger partial charge in [-0.3, -0.25) is 0 Å². The van der Waals surface area contributed by atoms with E-state index in [0.717, 1.165) is 22.9 Å². The van der Waals surface area contributed by atoms with E-state index in [2.05, 4.69) is 28.1 Å². The van der Waals surface area contributed by atoms with Gasteiger partial charge in [0.1, 0.15) is 0 Å². The molecule has 64 valence electrons. The van der Waals surface area contributed by atoms with Crippen molar-refractivity contribution in [2.45, 2.75) is 25.4 Å². The monoisotopic (exact) mass is 226 g/mol. The number of halogens is 1. The summed E-state index contributed by atoms with van der Waals surface area (Å²) >= 11 is 3.42. The minimum Gasteiger partial charge on any atom is -0.385 e. The molecule has 1 aromatic rings. The highest BCUT2D eigenvalue weighted by Gasteiger charge is 2.42. The summed E-state index contributed by atoms with van der Waals surface area (Å²) in [6, 6.07) is 6.10. The van der Waals surface area contributed by atoms with Gasteiger partial charge in [-0.15, -0.1) is 0 Å². The van der Waals surface area contributed by atoms with Crippen LogP contribution in [-0.2, 0) is 5.60 Å². The van der Waals surface area contributed by atoms with Gasteiger partial charge in [-0.1, -0.05) is 22.0 Å². The lowest BCUT2D eigenvalue weighted by atomic mass is 10.1. The first-order valence-corrected chi connectivity index (χ1v) is 4.89. The molecule has 1 aliphatic rings. The zero-order valence-electron chi connectivity index (χ0n) is 6.97. The molecule has 2 heteroatoms. The van der Waals surface area contributed by atoms with Gasteiger partial charge in [-0.2, -0.15) is 0 Å². The molecule has 0 bridgehead atoms. The quantitative estimate of drug-likeness (QED) is 0.782. The Balaban J connectivity index is 2.44. The van der Waals surface area contributed by atoms with Crippen LogP contribution in [-0.4, -0.2) is 5.11 Å². The average molecular weight is 227 g/mol. The van der Waals surface area contributed by atoms with Crippen LogP contribution < -0.4 is 0 Å². The Kier molecular flexibility index (Phi) is 1.77. The first kappa shape index (κ1) is 8.27. The minimum absolute atomic E-state index is 0.505. The molecule has 0 saturated heterocycles. The molecule has 1 fully saturated rings. The van der Waals surface area contributed by atoms with Gasteiger partial charge in [0, 0.05) is 4.47 Å². The largest absolute Gasteiger partial charge is 0.385 e. The van der Waals surface area contributed by atoms with Crippen LogP contribution in [0.1, 0.15) is 24.0 Å². The lowest BCUT2D eigenvalue weighted by Crippen LogP contribution is -2.04. The van der Waals surface area contributed by atoms with E-state index in [1.54, 1.807) is 0 Å². The summed E-state index contributed by atoms with van der Waals surface area (Å²) < 4.78 is 1.05. The van der Waals surface area contributed by atoms with Crippen molar-refractivity contribution in [3.8, 4) is 0 Å². The molecule has 0 aliphatic heterocycles. The van der Waals surface area contributed by atoms with E-state index >= 15 is 0 Å². The van der Waals surface area contributed by atoms with Crippen molar-refractivity contribution in [1.82, 2.24) is 0 Å². The molecule has 0 heterocycles. The molecule has 2 rings (SSSR count). The third-order valence-electron chi connectivity index (χ3n) is 2.30. The Labute approximate surface area is 80.5 Å². The first-order valence-electron chi connectivity index (χ1n) is 4.10. The Hall–Kier alpha value is -0.340. The van der Waals surface area contributed by atoms with Crippen LogP contribution in [0.15, 0.2) is 22.7 Å². The van der Waals surface area contributed by atoms with Crippen molar-refractivity contribution in [3.63, 3.8) is 0 Å². The van der Waals surface area contributed by atoms with Gasteiger partial charge >= 0.3 is 0 Å². The number of hydrogen-bond donors (Lipinski definition) is 1. The fraction of sp³-hybridized carbons (Fsp3) is 0.400. The fourth-order valence-corrected chi connectivity index (χ4v) is 2.02. The Bertz CT molecular complexity index is 295. The standard InChI is InChI=1S/C10H11BrO/c1-7-4-8(6-9(11)5-7)10(12)2-3-10/h4-6,12H,2-3H2,1H3. The van der Waals surface area contributed by atoms with Crippen molar-refractivity contribution in [1.29, 1.82) is 0 Å². The summed E-state index contributed by atoms with van der Waals surface area (Å²) in [4.78, 5) is 0. The summed E-state index contributed by atoms with van der Waals surface area (Å²) in [5, 5.41) is 9.83. The van der Waals surface area contributed by atoms with Crippen molar-refractivity contribution in [2.75, 3.05) is 0 Å². The molecular weight excluding hydrogens is 216 g/mol. The second kappa shape index (κ2) is 2.57. The average Bonchev–Trinajstić information content (AvgIpc) is 2.67. The van der Waals surface area contributed by atoms with Gasteiger partial charge in [-0.25, -0.2) is 0 Å². The maximum absolute atomic E-state index is 9.83. The molecule has 0 aromatic heterocycles. The molecule has 1 nitrogen and oxygen atoms in total. The second-order valence-electron chi connectivity index (χ2n) is 3.55. The zero-order valence-corrected chi connectivity index (χ0v) is 8.56. The number of rotatable bonds is 1. The lowest BCUT2D eigenvalue weighted by molar-refractivity contribution is 0.151. The van der Waals surface area contributed by atoms with Gasteiger partial charge in [0.25, 0.3) is 0 Å². The summed E-state index contributed by atoms with van der Waals surface area (Å²) in [6.45, 7) is 2.04. The van der Waals surface area contributed by atoms with E-state index in [1.165, 1.54) is 5.56 Å². The minimum atomic E-state index is -0.505. The molecule has 1 aliphatic carbocycles. The van der Waals surface area contributed by atoms with Crippen LogP contribution in [0.5, 0.6) is 0 Å². The van der Waals surface area contributed by atoms with E-state index in [-0.39, 0.29) is 0 Å². The molecule has 1 N–H and O–H groups in total. The molecule has 0 amide bonds. The van der Waals surface area contributed by atoms with Crippen molar-refractivity contribution in [3.05, 3.63) is 33.8 Å². The van der Waals surface area contributed by atoms with E-state index in [0.29, 0.717) is 0 Å². The zero-order chi connectivity index (χ0) is 8.77. The second-order valence-corrected chi connectivity index (χ2v) is 4.46. The first-order chi connectivity index (χ1) is 5.60.